The monoisotopic (exact) mass is 332 g/mol. The SMILES string of the molecule is COc1ccc(C(=Cc2ccc(O)cc2)c2ccc(OC)cc2)cc1. The van der Waals surface area contributed by atoms with E-state index in [1.807, 2.05) is 60.7 Å². The van der Waals surface area contributed by atoms with Gasteiger partial charge in [-0.05, 0) is 64.7 Å². The summed E-state index contributed by atoms with van der Waals surface area (Å²) >= 11 is 0. The smallest absolute Gasteiger partial charge is 0.118 e. The molecular formula is C22H20O3. The molecule has 3 aromatic rings. The molecule has 0 aliphatic rings. The normalized spacial score (nSPS) is 10.2. The molecular weight excluding hydrogens is 312 g/mol. The molecule has 0 bridgehead atoms. The number of aromatic hydroxyl groups is 1. The van der Waals surface area contributed by atoms with Crippen LogP contribution in [-0.2, 0) is 0 Å². The van der Waals surface area contributed by atoms with E-state index in [0.29, 0.717) is 0 Å². The first-order valence-corrected chi connectivity index (χ1v) is 7.99. The Morgan fingerprint density at radius 2 is 1.12 bits per heavy atom. The van der Waals surface area contributed by atoms with Crippen LogP contribution in [0, 0.1) is 0 Å². The Balaban J connectivity index is 2.07. The number of phenols is 1. The summed E-state index contributed by atoms with van der Waals surface area (Å²) in [7, 11) is 3.32. The van der Waals surface area contributed by atoms with Crippen LogP contribution in [0.4, 0.5) is 0 Å². The van der Waals surface area contributed by atoms with E-state index in [1.54, 1.807) is 26.4 Å². The summed E-state index contributed by atoms with van der Waals surface area (Å²) in [6.45, 7) is 0. The number of hydrogen-bond donors (Lipinski definition) is 1. The maximum atomic E-state index is 9.49. The van der Waals surface area contributed by atoms with E-state index in [4.69, 9.17) is 9.47 Å². The molecule has 0 unspecified atom stereocenters. The fraction of sp³-hybridized carbons (Fsp3) is 0.0909. The molecule has 25 heavy (non-hydrogen) atoms. The van der Waals surface area contributed by atoms with Crippen molar-refractivity contribution in [2.45, 2.75) is 0 Å². The third kappa shape index (κ3) is 4.01. The molecule has 0 heterocycles. The Hall–Kier alpha value is -3.20. The fourth-order valence-corrected chi connectivity index (χ4v) is 2.61. The minimum Gasteiger partial charge on any atom is -0.508 e. The lowest BCUT2D eigenvalue weighted by Gasteiger charge is -2.11. The molecule has 0 saturated carbocycles. The van der Waals surface area contributed by atoms with Gasteiger partial charge in [0, 0.05) is 0 Å². The molecule has 3 nitrogen and oxygen atoms in total. The lowest BCUT2D eigenvalue weighted by atomic mass is 9.95. The highest BCUT2D eigenvalue weighted by Gasteiger charge is 2.07. The molecule has 3 heteroatoms. The molecule has 0 aliphatic carbocycles. The van der Waals surface area contributed by atoms with E-state index in [0.717, 1.165) is 33.8 Å². The van der Waals surface area contributed by atoms with E-state index in [-0.39, 0.29) is 5.75 Å². The molecule has 0 amide bonds. The quantitative estimate of drug-likeness (QED) is 0.668. The molecule has 0 aromatic heterocycles. The van der Waals surface area contributed by atoms with Gasteiger partial charge in [-0.1, -0.05) is 36.4 Å². The molecule has 0 saturated heterocycles. The average molecular weight is 332 g/mol. The Bertz CT molecular complexity index is 796. The zero-order valence-electron chi connectivity index (χ0n) is 14.3. The predicted molar refractivity (Wildman–Crippen MR) is 101 cm³/mol. The zero-order valence-corrected chi connectivity index (χ0v) is 14.3. The van der Waals surface area contributed by atoms with Crippen LogP contribution in [0.15, 0.2) is 72.8 Å². The third-order valence-electron chi connectivity index (χ3n) is 4.01. The van der Waals surface area contributed by atoms with Gasteiger partial charge in [-0.25, -0.2) is 0 Å². The highest BCUT2D eigenvalue weighted by atomic mass is 16.5. The minimum atomic E-state index is 0.257. The van der Waals surface area contributed by atoms with Crippen molar-refractivity contribution in [3.63, 3.8) is 0 Å². The third-order valence-corrected chi connectivity index (χ3v) is 4.01. The van der Waals surface area contributed by atoms with Crippen LogP contribution >= 0.6 is 0 Å². The van der Waals surface area contributed by atoms with Gasteiger partial charge in [-0.2, -0.15) is 0 Å². The number of benzene rings is 3. The topological polar surface area (TPSA) is 38.7 Å². The van der Waals surface area contributed by atoms with E-state index in [9.17, 15) is 5.11 Å². The first kappa shape index (κ1) is 16.7. The summed E-state index contributed by atoms with van der Waals surface area (Å²) < 4.78 is 10.5. The number of hydrogen-bond acceptors (Lipinski definition) is 3. The van der Waals surface area contributed by atoms with Crippen molar-refractivity contribution >= 4 is 11.6 Å². The van der Waals surface area contributed by atoms with Crippen LogP contribution in [0.3, 0.4) is 0 Å². The van der Waals surface area contributed by atoms with Crippen LogP contribution in [-0.4, -0.2) is 19.3 Å². The van der Waals surface area contributed by atoms with Crippen LogP contribution in [0.25, 0.3) is 11.6 Å². The number of ether oxygens (including phenoxy) is 2. The maximum Gasteiger partial charge on any atom is 0.118 e. The zero-order chi connectivity index (χ0) is 17.6. The highest BCUT2D eigenvalue weighted by molar-refractivity contribution is 5.91. The largest absolute Gasteiger partial charge is 0.508 e. The summed E-state index contributed by atoms with van der Waals surface area (Å²) in [6.07, 6.45) is 2.10. The highest BCUT2D eigenvalue weighted by Crippen LogP contribution is 2.29. The molecule has 0 fully saturated rings. The van der Waals surface area contributed by atoms with Crippen molar-refractivity contribution in [2.24, 2.45) is 0 Å². The van der Waals surface area contributed by atoms with E-state index in [2.05, 4.69) is 6.08 Å². The van der Waals surface area contributed by atoms with Gasteiger partial charge in [-0.15, -0.1) is 0 Å². The van der Waals surface area contributed by atoms with Gasteiger partial charge in [0.25, 0.3) is 0 Å². The Morgan fingerprint density at radius 1 is 0.680 bits per heavy atom. The Kier molecular flexibility index (Phi) is 5.05. The second-order valence-corrected chi connectivity index (χ2v) is 5.61. The van der Waals surface area contributed by atoms with Gasteiger partial charge in [0.2, 0.25) is 0 Å². The molecule has 126 valence electrons. The minimum absolute atomic E-state index is 0.257. The first-order chi connectivity index (χ1) is 12.2. The molecule has 3 aromatic carbocycles. The van der Waals surface area contributed by atoms with Crippen molar-refractivity contribution in [1.82, 2.24) is 0 Å². The lowest BCUT2D eigenvalue weighted by molar-refractivity contribution is 0.414. The van der Waals surface area contributed by atoms with E-state index < -0.39 is 0 Å². The van der Waals surface area contributed by atoms with Crippen molar-refractivity contribution in [3.05, 3.63) is 89.5 Å². The van der Waals surface area contributed by atoms with Crippen LogP contribution < -0.4 is 9.47 Å². The molecule has 0 aliphatic heterocycles. The lowest BCUT2D eigenvalue weighted by Crippen LogP contribution is -1.90. The Morgan fingerprint density at radius 3 is 1.52 bits per heavy atom. The molecule has 1 N–H and O–H groups in total. The second-order valence-electron chi connectivity index (χ2n) is 5.61. The summed E-state index contributed by atoms with van der Waals surface area (Å²) in [6, 6.07) is 23.1. The standard InChI is InChI=1S/C22H20O3/c1-24-20-11-5-17(6-12-20)22(15-16-3-9-19(23)10-4-16)18-7-13-21(25-2)14-8-18/h3-15,23H,1-2H3. The number of rotatable bonds is 5. The van der Waals surface area contributed by atoms with Gasteiger partial charge in [0.1, 0.15) is 17.2 Å². The predicted octanol–water partition coefficient (Wildman–Crippen LogP) is 5.00. The van der Waals surface area contributed by atoms with Gasteiger partial charge >= 0.3 is 0 Å². The van der Waals surface area contributed by atoms with Crippen molar-refractivity contribution < 1.29 is 14.6 Å². The maximum absolute atomic E-state index is 9.49. The average Bonchev–Trinajstić information content (AvgIpc) is 2.68. The van der Waals surface area contributed by atoms with Crippen molar-refractivity contribution in [3.8, 4) is 17.2 Å². The van der Waals surface area contributed by atoms with E-state index in [1.165, 1.54) is 0 Å². The second kappa shape index (κ2) is 7.58. The van der Waals surface area contributed by atoms with E-state index >= 15 is 0 Å². The molecule has 0 spiro atoms. The van der Waals surface area contributed by atoms with Crippen molar-refractivity contribution in [1.29, 1.82) is 0 Å². The van der Waals surface area contributed by atoms with Gasteiger partial charge < -0.3 is 14.6 Å². The first-order valence-electron chi connectivity index (χ1n) is 7.99. The van der Waals surface area contributed by atoms with Gasteiger partial charge in [0.05, 0.1) is 14.2 Å². The van der Waals surface area contributed by atoms with Crippen LogP contribution in [0.2, 0.25) is 0 Å². The summed E-state index contributed by atoms with van der Waals surface area (Å²) in [4.78, 5) is 0. The fourth-order valence-electron chi connectivity index (χ4n) is 2.61. The number of methoxy groups -OCH3 is 2. The van der Waals surface area contributed by atoms with Gasteiger partial charge in [0.15, 0.2) is 0 Å². The van der Waals surface area contributed by atoms with Crippen LogP contribution in [0.1, 0.15) is 16.7 Å². The number of phenolic OH excluding ortho intramolecular Hbond substituents is 1. The summed E-state index contributed by atoms with van der Waals surface area (Å²) in [5, 5.41) is 9.49. The Labute approximate surface area is 147 Å². The molecule has 0 atom stereocenters. The molecule has 0 radical (unpaired) electrons. The van der Waals surface area contributed by atoms with Crippen LogP contribution in [0.5, 0.6) is 17.2 Å². The molecule has 3 rings (SSSR count). The summed E-state index contributed by atoms with van der Waals surface area (Å²) in [5.41, 5.74) is 4.26. The van der Waals surface area contributed by atoms with Crippen molar-refractivity contribution in [2.75, 3.05) is 14.2 Å². The van der Waals surface area contributed by atoms with Gasteiger partial charge in [-0.3, -0.25) is 0 Å². The summed E-state index contributed by atoms with van der Waals surface area (Å²) in [5.74, 6) is 1.90.